The van der Waals surface area contributed by atoms with Gasteiger partial charge in [0.05, 0.1) is 0 Å². The molecule has 0 unspecified atom stereocenters. The van der Waals surface area contributed by atoms with Crippen LogP contribution in [0.3, 0.4) is 0 Å². The summed E-state index contributed by atoms with van der Waals surface area (Å²) >= 11 is 5.82. The molecule has 1 aromatic rings. The Labute approximate surface area is 90.3 Å². The van der Waals surface area contributed by atoms with Crippen LogP contribution in [0.25, 0.3) is 0 Å². The van der Waals surface area contributed by atoms with Crippen LogP contribution in [0.1, 0.15) is 24.8 Å². The maximum absolute atomic E-state index is 5.82. The van der Waals surface area contributed by atoms with Crippen molar-refractivity contribution in [2.45, 2.75) is 25.7 Å². The van der Waals surface area contributed by atoms with Gasteiger partial charge in [0.1, 0.15) is 0 Å². The molecule has 1 aliphatic rings. The van der Waals surface area contributed by atoms with Gasteiger partial charge in [-0.25, -0.2) is 0 Å². The number of hydrogen-bond acceptors (Lipinski definition) is 1. The van der Waals surface area contributed by atoms with E-state index in [1.807, 2.05) is 12.1 Å². The summed E-state index contributed by atoms with van der Waals surface area (Å²) in [6.45, 7) is 0.848. The molecule has 0 amide bonds. The van der Waals surface area contributed by atoms with Gasteiger partial charge in [0.15, 0.2) is 0 Å². The molecule has 0 radical (unpaired) electrons. The van der Waals surface area contributed by atoms with Crippen molar-refractivity contribution < 1.29 is 0 Å². The Morgan fingerprint density at radius 2 is 1.86 bits per heavy atom. The molecule has 0 aromatic heterocycles. The van der Waals surface area contributed by atoms with Crippen molar-refractivity contribution in [3.05, 3.63) is 34.9 Å². The minimum atomic E-state index is 0.486. The third kappa shape index (κ3) is 2.28. The molecule has 0 atom stereocenters. The van der Waals surface area contributed by atoms with Gasteiger partial charge < -0.3 is 5.73 Å². The highest BCUT2D eigenvalue weighted by molar-refractivity contribution is 6.30. The maximum Gasteiger partial charge on any atom is 0.0406 e. The van der Waals surface area contributed by atoms with Crippen LogP contribution >= 0.6 is 11.6 Å². The van der Waals surface area contributed by atoms with Crippen LogP contribution in [0, 0.1) is 5.41 Å². The third-order valence-corrected chi connectivity index (χ3v) is 3.50. The van der Waals surface area contributed by atoms with Crippen LogP contribution in [-0.2, 0) is 6.42 Å². The average Bonchev–Trinajstić information content (AvgIpc) is 2.98. The zero-order valence-electron chi connectivity index (χ0n) is 8.30. The summed E-state index contributed by atoms with van der Waals surface area (Å²) in [5, 5.41) is 0.814. The molecule has 1 aliphatic carbocycles. The summed E-state index contributed by atoms with van der Waals surface area (Å²) < 4.78 is 0. The highest BCUT2D eigenvalue weighted by Crippen LogP contribution is 2.48. The molecule has 1 saturated carbocycles. The van der Waals surface area contributed by atoms with Crippen LogP contribution in [0.2, 0.25) is 5.02 Å². The van der Waals surface area contributed by atoms with Crippen LogP contribution in [0.4, 0.5) is 0 Å². The van der Waals surface area contributed by atoms with E-state index in [1.165, 1.54) is 24.8 Å². The highest BCUT2D eigenvalue weighted by atomic mass is 35.5. The van der Waals surface area contributed by atoms with Crippen LogP contribution in [0.5, 0.6) is 0 Å². The fraction of sp³-hybridized carbons (Fsp3) is 0.500. The highest BCUT2D eigenvalue weighted by Gasteiger charge is 2.40. The van der Waals surface area contributed by atoms with Gasteiger partial charge >= 0.3 is 0 Å². The lowest BCUT2D eigenvalue weighted by Crippen LogP contribution is -2.15. The van der Waals surface area contributed by atoms with Crippen molar-refractivity contribution in [1.29, 1.82) is 0 Å². The van der Waals surface area contributed by atoms with Crippen molar-refractivity contribution in [3.63, 3.8) is 0 Å². The zero-order chi connectivity index (χ0) is 10.0. The molecule has 14 heavy (non-hydrogen) atoms. The zero-order valence-corrected chi connectivity index (χ0v) is 9.06. The largest absolute Gasteiger partial charge is 0.330 e. The van der Waals surface area contributed by atoms with Crippen molar-refractivity contribution in [2.24, 2.45) is 11.1 Å². The van der Waals surface area contributed by atoms with E-state index in [0.717, 1.165) is 18.0 Å². The van der Waals surface area contributed by atoms with E-state index in [-0.39, 0.29) is 0 Å². The van der Waals surface area contributed by atoms with E-state index >= 15 is 0 Å². The topological polar surface area (TPSA) is 26.0 Å². The summed E-state index contributed by atoms with van der Waals surface area (Å²) in [4.78, 5) is 0. The molecule has 0 aliphatic heterocycles. The van der Waals surface area contributed by atoms with E-state index in [2.05, 4.69) is 12.1 Å². The minimum absolute atomic E-state index is 0.486. The third-order valence-electron chi connectivity index (χ3n) is 3.25. The van der Waals surface area contributed by atoms with E-state index in [0.29, 0.717) is 5.41 Å². The summed E-state index contributed by atoms with van der Waals surface area (Å²) in [5.41, 5.74) is 7.59. The Morgan fingerprint density at radius 1 is 1.21 bits per heavy atom. The molecule has 1 nitrogen and oxygen atoms in total. The molecular formula is C12H16ClN. The van der Waals surface area contributed by atoms with E-state index in [4.69, 9.17) is 17.3 Å². The van der Waals surface area contributed by atoms with E-state index in [9.17, 15) is 0 Å². The molecule has 0 heterocycles. The standard InChI is InChI=1S/C12H16ClN/c13-11-3-1-10(2-4-11)5-6-12(9-14)7-8-12/h1-4H,5-9,14H2. The van der Waals surface area contributed by atoms with Gasteiger partial charge in [-0.15, -0.1) is 0 Å². The monoisotopic (exact) mass is 209 g/mol. The predicted molar refractivity (Wildman–Crippen MR) is 60.5 cm³/mol. The first-order valence-electron chi connectivity index (χ1n) is 5.19. The van der Waals surface area contributed by atoms with Crippen molar-refractivity contribution in [3.8, 4) is 0 Å². The van der Waals surface area contributed by atoms with E-state index < -0.39 is 0 Å². The second kappa shape index (κ2) is 3.92. The molecule has 76 valence electrons. The summed E-state index contributed by atoms with van der Waals surface area (Å²) in [7, 11) is 0. The molecular weight excluding hydrogens is 194 g/mol. The van der Waals surface area contributed by atoms with Gasteiger partial charge in [-0.1, -0.05) is 23.7 Å². The van der Waals surface area contributed by atoms with Gasteiger partial charge in [0, 0.05) is 5.02 Å². The molecule has 0 saturated heterocycles. The van der Waals surface area contributed by atoms with Gasteiger partial charge in [0.25, 0.3) is 0 Å². The smallest absolute Gasteiger partial charge is 0.0406 e. The second-order valence-corrected chi connectivity index (χ2v) is 4.77. The Hall–Kier alpha value is -0.530. The lowest BCUT2D eigenvalue weighted by molar-refractivity contribution is 0.479. The minimum Gasteiger partial charge on any atom is -0.330 e. The molecule has 1 aromatic carbocycles. The molecule has 2 rings (SSSR count). The van der Waals surface area contributed by atoms with Crippen LogP contribution < -0.4 is 5.73 Å². The van der Waals surface area contributed by atoms with Crippen LogP contribution in [0.15, 0.2) is 24.3 Å². The fourth-order valence-electron chi connectivity index (χ4n) is 1.79. The first-order chi connectivity index (χ1) is 6.74. The van der Waals surface area contributed by atoms with Crippen LogP contribution in [-0.4, -0.2) is 6.54 Å². The molecule has 2 heteroatoms. The summed E-state index contributed by atoms with van der Waals surface area (Å²) in [6, 6.07) is 8.13. The summed E-state index contributed by atoms with van der Waals surface area (Å²) in [6.07, 6.45) is 4.99. The number of aryl methyl sites for hydroxylation is 1. The van der Waals surface area contributed by atoms with Gasteiger partial charge in [-0.2, -0.15) is 0 Å². The van der Waals surface area contributed by atoms with Crippen molar-refractivity contribution in [2.75, 3.05) is 6.54 Å². The number of rotatable bonds is 4. The Balaban J connectivity index is 1.89. The number of nitrogens with two attached hydrogens (primary N) is 1. The SMILES string of the molecule is NCC1(CCc2ccc(Cl)cc2)CC1. The lowest BCUT2D eigenvalue weighted by atomic mass is 9.97. The molecule has 2 N–H and O–H groups in total. The molecule has 0 bridgehead atoms. The van der Waals surface area contributed by atoms with Gasteiger partial charge in [-0.05, 0) is 55.3 Å². The van der Waals surface area contributed by atoms with Crippen molar-refractivity contribution >= 4 is 11.6 Å². The second-order valence-electron chi connectivity index (χ2n) is 4.33. The fourth-order valence-corrected chi connectivity index (χ4v) is 1.92. The summed E-state index contributed by atoms with van der Waals surface area (Å²) in [5.74, 6) is 0. The first-order valence-corrected chi connectivity index (χ1v) is 5.56. The quantitative estimate of drug-likeness (QED) is 0.811. The number of benzene rings is 1. The average molecular weight is 210 g/mol. The van der Waals surface area contributed by atoms with Gasteiger partial charge in [0.2, 0.25) is 0 Å². The first kappa shape index (κ1) is 10.0. The maximum atomic E-state index is 5.82. The van der Waals surface area contributed by atoms with Gasteiger partial charge in [-0.3, -0.25) is 0 Å². The van der Waals surface area contributed by atoms with Crippen molar-refractivity contribution in [1.82, 2.24) is 0 Å². The lowest BCUT2D eigenvalue weighted by Gasteiger charge is -2.11. The normalized spacial score (nSPS) is 18.1. The molecule has 0 spiro atoms. The Bertz CT molecular complexity index is 301. The molecule has 1 fully saturated rings. The Kier molecular flexibility index (Phi) is 2.80. The predicted octanol–water partition coefficient (Wildman–Crippen LogP) is 3.01. The number of hydrogen-bond donors (Lipinski definition) is 1. The van der Waals surface area contributed by atoms with E-state index in [1.54, 1.807) is 0 Å². The Morgan fingerprint density at radius 3 is 2.36 bits per heavy atom. The number of halogens is 1.